The maximum atomic E-state index is 12.6. The van der Waals surface area contributed by atoms with Gasteiger partial charge < -0.3 is 15.5 Å². The zero-order valence-electron chi connectivity index (χ0n) is 18.6. The molecule has 1 aliphatic heterocycles. The number of piperidine rings is 1. The van der Waals surface area contributed by atoms with Gasteiger partial charge in [0, 0.05) is 43.6 Å². The van der Waals surface area contributed by atoms with Gasteiger partial charge in [-0.05, 0) is 57.1 Å². The molecular weight excluding hydrogens is 360 g/mol. The van der Waals surface area contributed by atoms with Crippen LogP contribution in [-0.2, 0) is 4.79 Å². The molecule has 2 aliphatic rings. The fraction of sp³-hybridized carbons (Fsp3) is 0.667. The van der Waals surface area contributed by atoms with Gasteiger partial charge in [-0.15, -0.1) is 0 Å². The van der Waals surface area contributed by atoms with Crippen molar-refractivity contribution in [1.29, 1.82) is 0 Å². The summed E-state index contributed by atoms with van der Waals surface area (Å²) in [6, 6.07) is 9.53. The van der Waals surface area contributed by atoms with Gasteiger partial charge in [0.15, 0.2) is 5.96 Å². The summed E-state index contributed by atoms with van der Waals surface area (Å²) in [5.74, 6) is 2.04. The molecule has 1 aliphatic carbocycles. The largest absolute Gasteiger partial charge is 0.354 e. The molecule has 1 saturated heterocycles. The Morgan fingerprint density at radius 2 is 1.83 bits per heavy atom. The first kappa shape index (κ1) is 21.7. The molecule has 3 rings (SSSR count). The van der Waals surface area contributed by atoms with Gasteiger partial charge in [-0.2, -0.15) is 0 Å². The number of nitrogens with zero attached hydrogens (tertiary/aromatic N) is 2. The Morgan fingerprint density at radius 1 is 1.14 bits per heavy atom. The number of rotatable bonds is 7. The zero-order valence-corrected chi connectivity index (χ0v) is 18.6. The van der Waals surface area contributed by atoms with E-state index in [1.54, 1.807) is 0 Å². The Balaban J connectivity index is 1.49. The van der Waals surface area contributed by atoms with E-state index in [1.807, 2.05) is 0 Å². The van der Waals surface area contributed by atoms with E-state index in [2.05, 4.69) is 72.5 Å². The SMILES string of the molecule is CCN=C(NC1CCN(C(=O)C(CC)CC)CC1)NC1CC1c1ccccc1C. The molecule has 0 radical (unpaired) electrons. The second-order valence-corrected chi connectivity index (χ2v) is 8.53. The van der Waals surface area contributed by atoms with Crippen LogP contribution in [0, 0.1) is 12.8 Å². The summed E-state index contributed by atoms with van der Waals surface area (Å²) in [6.07, 6.45) is 5.02. The third-order valence-corrected chi connectivity index (χ3v) is 6.50. The highest BCUT2D eigenvalue weighted by Gasteiger charge is 2.40. The van der Waals surface area contributed by atoms with E-state index in [9.17, 15) is 4.79 Å². The molecule has 29 heavy (non-hydrogen) atoms. The van der Waals surface area contributed by atoms with Gasteiger partial charge >= 0.3 is 0 Å². The standard InChI is InChI=1S/C24H38N4O/c1-5-18(6-2)23(29)28-14-12-19(13-15-28)26-24(25-7-3)27-22-16-21(22)20-11-9-8-10-17(20)4/h8-11,18-19,21-22H,5-7,12-16H2,1-4H3,(H2,25,26,27). The first-order valence-corrected chi connectivity index (χ1v) is 11.5. The predicted octanol–water partition coefficient (Wildman–Crippen LogP) is 3.83. The van der Waals surface area contributed by atoms with E-state index in [0.717, 1.165) is 57.7 Å². The normalized spacial score (nSPS) is 22.7. The van der Waals surface area contributed by atoms with Crippen molar-refractivity contribution < 1.29 is 4.79 Å². The minimum Gasteiger partial charge on any atom is -0.354 e. The molecule has 160 valence electrons. The Bertz CT molecular complexity index is 705. The van der Waals surface area contributed by atoms with Gasteiger partial charge in [-0.25, -0.2) is 0 Å². The van der Waals surface area contributed by atoms with Gasteiger partial charge in [0.25, 0.3) is 0 Å². The topological polar surface area (TPSA) is 56.7 Å². The minimum atomic E-state index is 0.187. The molecule has 0 aromatic heterocycles. The monoisotopic (exact) mass is 398 g/mol. The molecule has 2 N–H and O–H groups in total. The lowest BCUT2D eigenvalue weighted by Gasteiger charge is -2.35. The molecule has 1 saturated carbocycles. The first-order valence-electron chi connectivity index (χ1n) is 11.5. The maximum Gasteiger partial charge on any atom is 0.225 e. The quantitative estimate of drug-likeness (QED) is 0.542. The van der Waals surface area contributed by atoms with Crippen LogP contribution in [0.15, 0.2) is 29.3 Å². The number of aliphatic imine (C=N–C) groups is 1. The summed E-state index contributed by atoms with van der Waals surface area (Å²) in [5, 5.41) is 7.28. The Kier molecular flexibility index (Phi) is 7.57. The molecule has 0 bridgehead atoms. The molecule has 2 atom stereocenters. The molecule has 1 heterocycles. The van der Waals surface area contributed by atoms with Crippen LogP contribution in [-0.4, -0.2) is 48.5 Å². The van der Waals surface area contributed by atoms with Crippen LogP contribution < -0.4 is 10.6 Å². The van der Waals surface area contributed by atoms with Crippen molar-refractivity contribution in [3.8, 4) is 0 Å². The zero-order chi connectivity index (χ0) is 20.8. The lowest BCUT2D eigenvalue weighted by molar-refractivity contribution is -0.136. The second-order valence-electron chi connectivity index (χ2n) is 8.53. The number of likely N-dealkylation sites (tertiary alicyclic amines) is 1. The van der Waals surface area contributed by atoms with E-state index < -0.39 is 0 Å². The summed E-state index contributed by atoms with van der Waals surface area (Å²) >= 11 is 0. The van der Waals surface area contributed by atoms with Crippen LogP contribution >= 0.6 is 0 Å². The Hall–Kier alpha value is -2.04. The smallest absolute Gasteiger partial charge is 0.225 e. The Labute approximate surface area is 176 Å². The fourth-order valence-corrected chi connectivity index (χ4v) is 4.50. The minimum absolute atomic E-state index is 0.187. The number of hydrogen-bond donors (Lipinski definition) is 2. The average molecular weight is 399 g/mol. The van der Waals surface area contributed by atoms with Gasteiger partial charge in [-0.1, -0.05) is 38.1 Å². The van der Waals surface area contributed by atoms with Crippen molar-refractivity contribution in [1.82, 2.24) is 15.5 Å². The predicted molar refractivity (Wildman–Crippen MR) is 120 cm³/mol. The average Bonchev–Trinajstić information content (AvgIpc) is 3.48. The lowest BCUT2D eigenvalue weighted by Crippen LogP contribution is -2.51. The number of amides is 1. The molecule has 1 aromatic carbocycles. The van der Waals surface area contributed by atoms with Gasteiger partial charge in [-0.3, -0.25) is 9.79 Å². The number of benzene rings is 1. The summed E-state index contributed by atoms with van der Waals surface area (Å²) in [6.45, 7) is 11.0. The molecular formula is C24H38N4O. The van der Waals surface area contributed by atoms with Crippen LogP contribution in [0.4, 0.5) is 0 Å². The number of carbonyl (C=O) groups is 1. The van der Waals surface area contributed by atoms with Crippen molar-refractivity contribution in [3.05, 3.63) is 35.4 Å². The van der Waals surface area contributed by atoms with Crippen LogP contribution in [0.3, 0.4) is 0 Å². The third kappa shape index (κ3) is 5.52. The van der Waals surface area contributed by atoms with Crippen LogP contribution in [0.1, 0.15) is 69.9 Å². The highest BCUT2D eigenvalue weighted by molar-refractivity contribution is 5.81. The molecule has 1 aromatic rings. The fourth-order valence-electron chi connectivity index (χ4n) is 4.50. The highest BCUT2D eigenvalue weighted by Crippen LogP contribution is 2.42. The summed E-state index contributed by atoms with van der Waals surface area (Å²) < 4.78 is 0. The van der Waals surface area contributed by atoms with Crippen LogP contribution in [0.5, 0.6) is 0 Å². The number of guanidine groups is 1. The van der Waals surface area contributed by atoms with E-state index in [0.29, 0.717) is 23.9 Å². The van der Waals surface area contributed by atoms with Crippen molar-refractivity contribution >= 4 is 11.9 Å². The van der Waals surface area contributed by atoms with Crippen LogP contribution in [0.2, 0.25) is 0 Å². The number of carbonyl (C=O) groups excluding carboxylic acids is 1. The highest BCUT2D eigenvalue weighted by atomic mass is 16.2. The number of aryl methyl sites for hydroxylation is 1. The molecule has 2 fully saturated rings. The molecule has 0 spiro atoms. The third-order valence-electron chi connectivity index (χ3n) is 6.50. The molecule has 5 nitrogen and oxygen atoms in total. The van der Waals surface area contributed by atoms with Crippen molar-refractivity contribution in [2.24, 2.45) is 10.9 Å². The number of nitrogens with one attached hydrogen (secondary N) is 2. The summed E-state index contributed by atoms with van der Waals surface area (Å²) in [5.41, 5.74) is 2.83. The second kappa shape index (κ2) is 10.1. The van der Waals surface area contributed by atoms with Crippen molar-refractivity contribution in [2.45, 2.75) is 77.8 Å². The van der Waals surface area contributed by atoms with Gasteiger partial charge in [0.05, 0.1) is 0 Å². The Morgan fingerprint density at radius 3 is 2.45 bits per heavy atom. The molecule has 5 heteroatoms. The maximum absolute atomic E-state index is 12.6. The molecule has 1 amide bonds. The van der Waals surface area contributed by atoms with Gasteiger partial charge in [0.2, 0.25) is 5.91 Å². The molecule has 2 unspecified atom stereocenters. The summed E-state index contributed by atoms with van der Waals surface area (Å²) in [7, 11) is 0. The van der Waals surface area contributed by atoms with Gasteiger partial charge in [0.1, 0.15) is 0 Å². The summed E-state index contributed by atoms with van der Waals surface area (Å²) in [4.78, 5) is 19.3. The van der Waals surface area contributed by atoms with E-state index in [1.165, 1.54) is 11.1 Å². The van der Waals surface area contributed by atoms with Crippen LogP contribution in [0.25, 0.3) is 0 Å². The first-order chi connectivity index (χ1) is 14.1. The number of hydrogen-bond acceptors (Lipinski definition) is 2. The lowest BCUT2D eigenvalue weighted by atomic mass is 9.98. The van der Waals surface area contributed by atoms with E-state index in [-0.39, 0.29) is 5.92 Å². The van der Waals surface area contributed by atoms with Crippen molar-refractivity contribution in [2.75, 3.05) is 19.6 Å². The van der Waals surface area contributed by atoms with E-state index >= 15 is 0 Å². The van der Waals surface area contributed by atoms with E-state index in [4.69, 9.17) is 0 Å². The van der Waals surface area contributed by atoms with Crippen molar-refractivity contribution in [3.63, 3.8) is 0 Å².